The number of nitrogens with zero attached hydrogens (tertiary/aromatic N) is 3. The van der Waals surface area contributed by atoms with Gasteiger partial charge in [0.2, 0.25) is 5.91 Å². The first-order valence-corrected chi connectivity index (χ1v) is 13.4. The Kier molecular flexibility index (Phi) is 8.10. The van der Waals surface area contributed by atoms with E-state index < -0.39 is 41.9 Å². The van der Waals surface area contributed by atoms with Crippen LogP contribution in [0.3, 0.4) is 0 Å². The van der Waals surface area contributed by atoms with Gasteiger partial charge in [0, 0.05) is 37.6 Å². The zero-order valence-corrected chi connectivity index (χ0v) is 23.2. The summed E-state index contributed by atoms with van der Waals surface area (Å²) in [4.78, 5) is 57.8. The van der Waals surface area contributed by atoms with Crippen LogP contribution in [0.5, 0.6) is 0 Å². The van der Waals surface area contributed by atoms with Crippen molar-refractivity contribution in [1.82, 2.24) is 4.90 Å². The van der Waals surface area contributed by atoms with Gasteiger partial charge in [-0.05, 0) is 48.0 Å². The van der Waals surface area contributed by atoms with E-state index in [-0.39, 0.29) is 17.7 Å². The Morgan fingerprint density at radius 1 is 0.833 bits per heavy atom. The molecule has 1 aliphatic rings. The van der Waals surface area contributed by atoms with Crippen LogP contribution in [-0.2, 0) is 20.9 Å². The molecule has 1 aliphatic heterocycles. The average molecular weight is 565 g/mol. The van der Waals surface area contributed by atoms with Crippen LogP contribution in [0.15, 0.2) is 103 Å². The highest BCUT2D eigenvalue weighted by Crippen LogP contribution is 2.31. The maximum atomic E-state index is 14.9. The molecule has 0 aromatic heterocycles. The molecule has 0 radical (unpaired) electrons. The number of rotatable bonds is 9. The van der Waals surface area contributed by atoms with Crippen LogP contribution in [-0.4, -0.2) is 49.0 Å². The fraction of sp³-hybridized carbons (Fsp3) is 0.152. The van der Waals surface area contributed by atoms with Crippen LogP contribution in [0, 0.1) is 5.82 Å². The second kappa shape index (κ2) is 12.1. The van der Waals surface area contributed by atoms with Gasteiger partial charge in [-0.25, -0.2) is 4.39 Å². The lowest BCUT2D eigenvalue weighted by molar-refractivity contribution is -0.139. The van der Waals surface area contributed by atoms with Crippen molar-refractivity contribution in [3.8, 4) is 0 Å². The normalized spacial score (nSPS) is 13.0. The predicted octanol–water partition coefficient (Wildman–Crippen LogP) is 4.83. The van der Waals surface area contributed by atoms with Crippen LogP contribution in [0.4, 0.5) is 21.5 Å². The molecule has 1 N–H and O–H groups in total. The number of benzene rings is 4. The molecule has 1 heterocycles. The number of Topliss-reactive ketones (excluding diaryl/α,β-unsaturated/α-hetero) is 1. The van der Waals surface area contributed by atoms with E-state index in [1.165, 1.54) is 29.2 Å². The van der Waals surface area contributed by atoms with Gasteiger partial charge in [-0.2, -0.15) is 0 Å². The van der Waals surface area contributed by atoms with Crippen LogP contribution in [0.1, 0.15) is 27.5 Å². The maximum Gasteiger partial charge on any atom is 0.299 e. The second-order valence-electron chi connectivity index (χ2n) is 10.1. The molecule has 0 fully saturated rings. The number of para-hydroxylation sites is 1. The maximum absolute atomic E-state index is 14.9. The number of fused-ring (bicyclic) bond motifs is 1. The number of halogens is 1. The summed E-state index contributed by atoms with van der Waals surface area (Å²) < 4.78 is 14.9. The molecule has 212 valence electrons. The summed E-state index contributed by atoms with van der Waals surface area (Å²) in [5.41, 5.74) is 2.66. The Morgan fingerprint density at radius 3 is 2.17 bits per heavy atom. The summed E-state index contributed by atoms with van der Waals surface area (Å²) >= 11 is 0. The largest absolute Gasteiger partial charge is 0.378 e. The monoisotopic (exact) mass is 564 g/mol. The van der Waals surface area contributed by atoms with E-state index in [1.54, 1.807) is 66.7 Å². The third kappa shape index (κ3) is 5.76. The molecule has 0 bridgehead atoms. The molecule has 3 amide bonds. The average Bonchev–Trinajstić information content (AvgIpc) is 3.23. The minimum Gasteiger partial charge on any atom is -0.378 e. The molecule has 4 aromatic carbocycles. The molecular weight excluding hydrogens is 535 g/mol. The van der Waals surface area contributed by atoms with Gasteiger partial charge in [0.1, 0.15) is 18.4 Å². The van der Waals surface area contributed by atoms with Gasteiger partial charge in [0.15, 0.2) is 0 Å². The van der Waals surface area contributed by atoms with E-state index in [9.17, 15) is 23.6 Å². The summed E-state index contributed by atoms with van der Waals surface area (Å²) in [5.74, 6) is -3.25. The minimum atomic E-state index is -1.18. The van der Waals surface area contributed by atoms with Crippen molar-refractivity contribution < 1.29 is 23.6 Å². The zero-order valence-electron chi connectivity index (χ0n) is 23.2. The summed E-state index contributed by atoms with van der Waals surface area (Å²) in [6.07, 6.45) is 0. The summed E-state index contributed by atoms with van der Waals surface area (Å²) in [7, 11) is 3.81. The van der Waals surface area contributed by atoms with Crippen LogP contribution in [0.25, 0.3) is 0 Å². The number of hydrogen-bond acceptors (Lipinski definition) is 5. The first-order chi connectivity index (χ1) is 20.2. The first kappa shape index (κ1) is 28.2. The van der Waals surface area contributed by atoms with Gasteiger partial charge >= 0.3 is 0 Å². The highest BCUT2D eigenvalue weighted by atomic mass is 19.1. The van der Waals surface area contributed by atoms with Crippen LogP contribution >= 0.6 is 0 Å². The standard InChI is InChI=1S/C33H29FN4O4/c1-36(2)25-18-16-24(17-19-25)35-32(41)30(22-10-4-3-5-11-22)38(20-23-12-6-8-14-27(23)34)29(39)21-37-28-15-9-7-13-26(28)31(40)33(37)42/h3-19,30H,20-21H2,1-2H3,(H,35,41). The van der Waals surface area contributed by atoms with Gasteiger partial charge in [-0.15, -0.1) is 0 Å². The fourth-order valence-corrected chi connectivity index (χ4v) is 4.93. The van der Waals surface area contributed by atoms with Gasteiger partial charge in [-0.3, -0.25) is 24.1 Å². The molecule has 9 heteroatoms. The molecule has 1 unspecified atom stereocenters. The van der Waals surface area contributed by atoms with Gasteiger partial charge in [0.25, 0.3) is 17.6 Å². The van der Waals surface area contributed by atoms with Crippen LogP contribution in [0.2, 0.25) is 0 Å². The molecule has 0 saturated heterocycles. The lowest BCUT2D eigenvalue weighted by Crippen LogP contribution is -2.46. The number of hydrogen-bond donors (Lipinski definition) is 1. The Bertz CT molecular complexity index is 1640. The number of anilines is 3. The summed E-state index contributed by atoms with van der Waals surface area (Å²) in [5, 5.41) is 2.89. The van der Waals surface area contributed by atoms with Crippen molar-refractivity contribution in [1.29, 1.82) is 0 Å². The van der Waals surface area contributed by atoms with E-state index in [1.807, 2.05) is 31.1 Å². The quantitative estimate of drug-likeness (QED) is 0.294. The Balaban J connectivity index is 1.53. The van der Waals surface area contributed by atoms with E-state index in [4.69, 9.17) is 0 Å². The number of amides is 3. The Morgan fingerprint density at radius 2 is 1.48 bits per heavy atom. The molecule has 1 atom stereocenters. The third-order valence-electron chi connectivity index (χ3n) is 7.12. The van der Waals surface area contributed by atoms with Crippen molar-refractivity contribution in [3.63, 3.8) is 0 Å². The van der Waals surface area contributed by atoms with Crippen molar-refractivity contribution in [2.45, 2.75) is 12.6 Å². The molecule has 0 spiro atoms. The van der Waals surface area contributed by atoms with Crippen LogP contribution < -0.4 is 15.1 Å². The lowest BCUT2D eigenvalue weighted by atomic mass is 10.0. The molecule has 0 saturated carbocycles. The second-order valence-corrected chi connectivity index (χ2v) is 10.1. The topological polar surface area (TPSA) is 90.0 Å². The molecule has 8 nitrogen and oxygen atoms in total. The third-order valence-corrected chi connectivity index (χ3v) is 7.12. The molecule has 5 rings (SSSR count). The van der Waals surface area contributed by atoms with Crippen molar-refractivity contribution >= 4 is 40.6 Å². The van der Waals surface area contributed by atoms with E-state index in [0.29, 0.717) is 16.9 Å². The van der Waals surface area contributed by atoms with Crippen molar-refractivity contribution in [2.75, 3.05) is 35.8 Å². The zero-order chi connectivity index (χ0) is 29.8. The first-order valence-electron chi connectivity index (χ1n) is 13.4. The Labute approximate surface area is 243 Å². The van der Waals surface area contributed by atoms with Gasteiger partial charge in [-0.1, -0.05) is 60.7 Å². The number of carbonyl (C=O) groups excluding carboxylic acids is 4. The predicted molar refractivity (Wildman–Crippen MR) is 159 cm³/mol. The van der Waals surface area contributed by atoms with Gasteiger partial charge < -0.3 is 15.1 Å². The number of ketones is 1. The van der Waals surface area contributed by atoms with E-state index in [0.717, 1.165) is 10.6 Å². The van der Waals surface area contributed by atoms with Crippen molar-refractivity contribution in [2.24, 2.45) is 0 Å². The van der Waals surface area contributed by atoms with E-state index in [2.05, 4.69) is 5.32 Å². The smallest absolute Gasteiger partial charge is 0.299 e. The highest BCUT2D eigenvalue weighted by molar-refractivity contribution is 6.52. The highest BCUT2D eigenvalue weighted by Gasteiger charge is 2.39. The minimum absolute atomic E-state index is 0.194. The molecule has 4 aromatic rings. The van der Waals surface area contributed by atoms with E-state index >= 15 is 0 Å². The summed E-state index contributed by atoms with van der Waals surface area (Å²) in [6, 6.07) is 27.1. The molecular formula is C33H29FN4O4. The number of nitrogens with one attached hydrogen (secondary N) is 1. The van der Waals surface area contributed by atoms with Crippen molar-refractivity contribution in [3.05, 3.63) is 126 Å². The molecule has 0 aliphatic carbocycles. The summed E-state index contributed by atoms with van der Waals surface area (Å²) in [6.45, 7) is -0.764. The Hall–Kier alpha value is -5.31. The SMILES string of the molecule is CN(C)c1ccc(NC(=O)C(c2ccccc2)N(Cc2ccccc2F)C(=O)CN2C(=O)C(=O)c3ccccc32)cc1. The molecule has 42 heavy (non-hydrogen) atoms. The van der Waals surface area contributed by atoms with Gasteiger partial charge in [0.05, 0.1) is 11.3 Å². The lowest BCUT2D eigenvalue weighted by Gasteiger charge is -2.33. The number of carbonyl (C=O) groups is 4. The fourth-order valence-electron chi connectivity index (χ4n) is 4.93.